The molecule has 3 rings (SSSR count). The highest BCUT2D eigenvalue weighted by Gasteiger charge is 2.16. The molecular formula is C19H17IN2. The van der Waals surface area contributed by atoms with Crippen LogP contribution in [0.25, 0.3) is 0 Å². The third kappa shape index (κ3) is 3.25. The summed E-state index contributed by atoms with van der Waals surface area (Å²) in [4.78, 5) is 0. The van der Waals surface area contributed by atoms with Crippen molar-refractivity contribution in [3.63, 3.8) is 0 Å². The molecule has 0 fully saturated rings. The van der Waals surface area contributed by atoms with Gasteiger partial charge in [-0.2, -0.15) is 0 Å². The maximum absolute atomic E-state index is 5.83. The van der Waals surface area contributed by atoms with Crippen LogP contribution in [0.15, 0.2) is 72.8 Å². The number of anilines is 2. The van der Waals surface area contributed by atoms with Gasteiger partial charge in [-0.3, -0.25) is 0 Å². The summed E-state index contributed by atoms with van der Waals surface area (Å²) in [5.41, 5.74) is 16.9. The quantitative estimate of drug-likeness (QED) is 0.383. The molecular weight excluding hydrogens is 383 g/mol. The van der Waals surface area contributed by atoms with E-state index in [1.165, 1.54) is 20.3 Å². The van der Waals surface area contributed by atoms with Crippen LogP contribution in [0.3, 0.4) is 0 Å². The summed E-state index contributed by atoms with van der Waals surface area (Å²) in [6.45, 7) is 0. The van der Waals surface area contributed by atoms with Crippen LogP contribution in [0, 0.1) is 3.57 Å². The van der Waals surface area contributed by atoms with E-state index < -0.39 is 0 Å². The highest BCUT2D eigenvalue weighted by atomic mass is 127. The van der Waals surface area contributed by atoms with Crippen molar-refractivity contribution in [2.45, 2.75) is 5.92 Å². The molecule has 0 amide bonds. The average molecular weight is 400 g/mol. The first-order valence-electron chi connectivity index (χ1n) is 7.10. The van der Waals surface area contributed by atoms with E-state index in [4.69, 9.17) is 11.5 Å². The average Bonchev–Trinajstić information content (AvgIpc) is 2.53. The highest BCUT2D eigenvalue weighted by Crippen LogP contribution is 2.33. The van der Waals surface area contributed by atoms with E-state index in [0.29, 0.717) is 0 Å². The third-order valence-electron chi connectivity index (χ3n) is 3.74. The Labute approximate surface area is 144 Å². The number of halogens is 1. The lowest BCUT2D eigenvalue weighted by Gasteiger charge is -2.19. The van der Waals surface area contributed by atoms with E-state index in [9.17, 15) is 0 Å². The van der Waals surface area contributed by atoms with Crippen molar-refractivity contribution in [3.05, 3.63) is 93.1 Å². The van der Waals surface area contributed by atoms with Crippen LogP contribution in [-0.4, -0.2) is 0 Å². The van der Waals surface area contributed by atoms with Gasteiger partial charge < -0.3 is 11.5 Å². The minimum Gasteiger partial charge on any atom is -0.399 e. The van der Waals surface area contributed by atoms with Gasteiger partial charge in [-0.25, -0.2) is 0 Å². The first kappa shape index (κ1) is 14.9. The zero-order valence-corrected chi connectivity index (χ0v) is 14.2. The van der Waals surface area contributed by atoms with Crippen molar-refractivity contribution in [3.8, 4) is 0 Å². The van der Waals surface area contributed by atoms with Crippen LogP contribution < -0.4 is 11.5 Å². The third-order valence-corrected chi connectivity index (χ3v) is 4.46. The molecule has 3 heteroatoms. The van der Waals surface area contributed by atoms with Gasteiger partial charge in [0.2, 0.25) is 0 Å². The first-order chi connectivity index (χ1) is 10.6. The molecule has 0 aliphatic heterocycles. The summed E-state index contributed by atoms with van der Waals surface area (Å²) in [6, 6.07) is 24.8. The molecule has 0 bridgehead atoms. The highest BCUT2D eigenvalue weighted by molar-refractivity contribution is 14.1. The fraction of sp³-hybridized carbons (Fsp3) is 0.0526. The van der Waals surface area contributed by atoms with Crippen molar-refractivity contribution >= 4 is 34.0 Å². The number of hydrogen-bond donors (Lipinski definition) is 2. The monoisotopic (exact) mass is 400 g/mol. The van der Waals surface area contributed by atoms with Crippen molar-refractivity contribution in [1.82, 2.24) is 0 Å². The van der Waals surface area contributed by atoms with Crippen LogP contribution in [-0.2, 0) is 0 Å². The Balaban J connectivity index is 2.10. The number of benzene rings is 3. The normalized spacial score (nSPS) is 10.8. The van der Waals surface area contributed by atoms with Gasteiger partial charge >= 0.3 is 0 Å². The van der Waals surface area contributed by atoms with E-state index >= 15 is 0 Å². The lowest BCUT2D eigenvalue weighted by atomic mass is 9.85. The molecule has 4 N–H and O–H groups in total. The van der Waals surface area contributed by atoms with E-state index in [0.717, 1.165) is 11.4 Å². The molecule has 0 aliphatic carbocycles. The molecule has 0 unspecified atom stereocenters. The number of nitrogen functional groups attached to an aromatic ring is 2. The van der Waals surface area contributed by atoms with E-state index in [1.807, 2.05) is 24.3 Å². The van der Waals surface area contributed by atoms with Crippen LogP contribution in [0.4, 0.5) is 11.4 Å². The summed E-state index contributed by atoms with van der Waals surface area (Å²) in [7, 11) is 0. The Hall–Kier alpha value is -2.01. The molecule has 0 heterocycles. The first-order valence-corrected chi connectivity index (χ1v) is 8.18. The lowest BCUT2D eigenvalue weighted by Crippen LogP contribution is -2.04. The molecule has 2 nitrogen and oxygen atoms in total. The van der Waals surface area contributed by atoms with Crippen LogP contribution in [0.2, 0.25) is 0 Å². The Morgan fingerprint density at radius 1 is 0.545 bits per heavy atom. The predicted molar refractivity (Wildman–Crippen MR) is 102 cm³/mol. The number of hydrogen-bond acceptors (Lipinski definition) is 2. The predicted octanol–water partition coefficient (Wildman–Crippen LogP) is 4.64. The molecule has 0 spiro atoms. The molecule has 0 radical (unpaired) electrons. The fourth-order valence-electron chi connectivity index (χ4n) is 2.61. The Kier molecular flexibility index (Phi) is 4.34. The molecule has 0 aliphatic rings. The van der Waals surface area contributed by atoms with Gasteiger partial charge in [-0.05, 0) is 75.7 Å². The standard InChI is InChI=1S/C19H17IN2/c20-16-7-1-13(2-8-16)19(14-3-9-17(21)10-4-14)15-5-11-18(22)12-6-15/h1-12,19H,21-22H2. The minimum atomic E-state index is 0.179. The molecule has 3 aromatic rings. The second-order valence-electron chi connectivity index (χ2n) is 5.32. The fourth-order valence-corrected chi connectivity index (χ4v) is 2.97. The molecule has 0 saturated heterocycles. The van der Waals surface area contributed by atoms with Gasteiger partial charge in [-0.1, -0.05) is 36.4 Å². The van der Waals surface area contributed by atoms with Gasteiger partial charge in [0.25, 0.3) is 0 Å². The van der Waals surface area contributed by atoms with Crippen LogP contribution in [0.1, 0.15) is 22.6 Å². The van der Waals surface area contributed by atoms with Crippen molar-refractivity contribution in [2.75, 3.05) is 11.5 Å². The number of nitrogens with two attached hydrogens (primary N) is 2. The lowest BCUT2D eigenvalue weighted by molar-refractivity contribution is 0.977. The van der Waals surface area contributed by atoms with E-state index in [2.05, 4.69) is 71.1 Å². The van der Waals surface area contributed by atoms with Gasteiger partial charge in [0, 0.05) is 20.9 Å². The minimum absolute atomic E-state index is 0.179. The second kappa shape index (κ2) is 6.40. The zero-order chi connectivity index (χ0) is 15.5. The maximum Gasteiger partial charge on any atom is 0.0340 e. The van der Waals surface area contributed by atoms with Gasteiger partial charge in [0.05, 0.1) is 0 Å². The Bertz CT molecular complexity index is 639. The Morgan fingerprint density at radius 2 is 0.864 bits per heavy atom. The molecule has 110 valence electrons. The molecule has 0 saturated carbocycles. The van der Waals surface area contributed by atoms with Crippen molar-refractivity contribution in [2.24, 2.45) is 0 Å². The van der Waals surface area contributed by atoms with Crippen LogP contribution >= 0.6 is 22.6 Å². The largest absolute Gasteiger partial charge is 0.399 e. The Morgan fingerprint density at radius 3 is 1.23 bits per heavy atom. The van der Waals surface area contributed by atoms with Crippen LogP contribution in [0.5, 0.6) is 0 Å². The molecule has 3 aromatic carbocycles. The zero-order valence-electron chi connectivity index (χ0n) is 12.0. The van der Waals surface area contributed by atoms with Crippen molar-refractivity contribution < 1.29 is 0 Å². The van der Waals surface area contributed by atoms with Gasteiger partial charge in [-0.15, -0.1) is 0 Å². The van der Waals surface area contributed by atoms with Gasteiger partial charge in [0.15, 0.2) is 0 Å². The van der Waals surface area contributed by atoms with Crippen molar-refractivity contribution in [1.29, 1.82) is 0 Å². The number of rotatable bonds is 3. The molecule has 22 heavy (non-hydrogen) atoms. The summed E-state index contributed by atoms with van der Waals surface area (Å²) in [6.07, 6.45) is 0. The molecule has 0 aromatic heterocycles. The van der Waals surface area contributed by atoms with E-state index in [1.54, 1.807) is 0 Å². The second-order valence-corrected chi connectivity index (χ2v) is 6.56. The summed E-state index contributed by atoms with van der Waals surface area (Å²) in [5, 5.41) is 0. The van der Waals surface area contributed by atoms with Gasteiger partial charge in [0.1, 0.15) is 0 Å². The summed E-state index contributed by atoms with van der Waals surface area (Å²) in [5.74, 6) is 0.179. The summed E-state index contributed by atoms with van der Waals surface area (Å²) >= 11 is 2.32. The topological polar surface area (TPSA) is 52.0 Å². The SMILES string of the molecule is Nc1ccc(C(c2ccc(N)cc2)c2ccc(I)cc2)cc1. The molecule has 0 atom stereocenters. The van der Waals surface area contributed by atoms with E-state index in [-0.39, 0.29) is 5.92 Å². The smallest absolute Gasteiger partial charge is 0.0340 e. The summed E-state index contributed by atoms with van der Waals surface area (Å²) < 4.78 is 1.23. The maximum atomic E-state index is 5.83.